The summed E-state index contributed by atoms with van der Waals surface area (Å²) in [6.45, 7) is 13.8. The number of ether oxygens (including phenoxy) is 3. The molecule has 1 saturated heterocycles. The molecular formula is C22H27N7O4Si. The first-order valence-electron chi connectivity index (χ1n) is 10.9. The number of nitrogens with zero attached hydrogens (tertiary/aromatic N) is 7. The second-order valence-corrected chi connectivity index (χ2v) is 15.1. The minimum absolute atomic E-state index is 0.141. The third-order valence-corrected chi connectivity index (χ3v) is 7.39. The van der Waals surface area contributed by atoms with Crippen LogP contribution in [0.15, 0.2) is 53.6 Å². The summed E-state index contributed by atoms with van der Waals surface area (Å²) in [6.07, 6.45) is 6.26. The molecule has 12 heteroatoms. The predicted octanol–water partition coefficient (Wildman–Crippen LogP) is 4.34. The summed E-state index contributed by atoms with van der Waals surface area (Å²) < 4.78 is 19.3. The van der Waals surface area contributed by atoms with Gasteiger partial charge in [0, 0.05) is 25.5 Å². The Balaban J connectivity index is 1.38. The highest BCUT2D eigenvalue weighted by molar-refractivity contribution is 6.76. The van der Waals surface area contributed by atoms with Crippen LogP contribution in [0, 0.1) is 11.8 Å². The van der Waals surface area contributed by atoms with E-state index in [1.807, 2.05) is 4.57 Å². The van der Waals surface area contributed by atoms with Crippen molar-refractivity contribution in [2.24, 2.45) is 17.0 Å². The van der Waals surface area contributed by atoms with E-state index in [1.54, 1.807) is 25.4 Å². The Morgan fingerprint density at radius 2 is 2.18 bits per heavy atom. The van der Waals surface area contributed by atoms with Gasteiger partial charge in [-0.1, -0.05) is 26.2 Å². The lowest BCUT2D eigenvalue weighted by atomic mass is 10.1. The van der Waals surface area contributed by atoms with Crippen LogP contribution in [-0.4, -0.2) is 46.2 Å². The average Bonchev–Trinajstić information content (AvgIpc) is 3.18. The second-order valence-electron chi connectivity index (χ2n) is 9.51. The molecule has 0 unspecified atom stereocenters. The number of amides is 1. The number of carbonyl (C=O) groups excluding carboxylic acids is 1. The summed E-state index contributed by atoms with van der Waals surface area (Å²) in [5.41, 5.74) is 10.3. The van der Waals surface area contributed by atoms with Crippen molar-refractivity contribution in [2.45, 2.75) is 45.4 Å². The average molecular weight is 482 g/mol. The molecule has 0 N–H and O–H groups in total. The normalized spacial score (nSPS) is 22.9. The van der Waals surface area contributed by atoms with Gasteiger partial charge in [-0.2, -0.15) is 4.98 Å². The molecule has 1 aliphatic carbocycles. The smallest absolute Gasteiger partial charge is 0.250 e. The summed E-state index contributed by atoms with van der Waals surface area (Å²) in [7, 11) is -1.15. The zero-order valence-corrected chi connectivity index (χ0v) is 20.6. The van der Waals surface area contributed by atoms with E-state index in [4.69, 9.17) is 19.7 Å². The fraction of sp³-hybridized carbons (Fsp3) is 0.455. The van der Waals surface area contributed by atoms with E-state index in [0.717, 1.165) is 6.04 Å². The molecule has 4 rings (SSSR count). The summed E-state index contributed by atoms with van der Waals surface area (Å²) in [5.74, 6) is 0.388. The Hall–Kier alpha value is -3.47. The van der Waals surface area contributed by atoms with Crippen molar-refractivity contribution in [1.29, 1.82) is 0 Å². The van der Waals surface area contributed by atoms with Crippen LogP contribution in [-0.2, 0) is 21.0 Å². The number of hydrogen-bond acceptors (Lipinski definition) is 7. The molecule has 2 aliphatic rings. The van der Waals surface area contributed by atoms with Crippen LogP contribution < -0.4 is 4.74 Å². The van der Waals surface area contributed by atoms with Crippen LogP contribution in [0.5, 0.6) is 5.88 Å². The van der Waals surface area contributed by atoms with Crippen molar-refractivity contribution in [3.63, 3.8) is 0 Å². The molecule has 178 valence electrons. The highest BCUT2D eigenvalue weighted by Gasteiger charge is 2.62. The highest BCUT2D eigenvalue weighted by atomic mass is 28.3. The van der Waals surface area contributed by atoms with Gasteiger partial charge in [0.25, 0.3) is 5.88 Å². The zero-order chi connectivity index (χ0) is 24.5. The molecule has 2 fully saturated rings. The number of allylic oxidation sites excluding steroid dienone is 4. The van der Waals surface area contributed by atoms with E-state index < -0.39 is 19.9 Å². The molecular weight excluding hydrogens is 454 g/mol. The molecule has 0 spiro atoms. The van der Waals surface area contributed by atoms with Gasteiger partial charge in [-0.3, -0.25) is 9.36 Å². The summed E-state index contributed by atoms with van der Waals surface area (Å²) in [5, 5.41) is 3.15. The van der Waals surface area contributed by atoms with E-state index in [2.05, 4.69) is 51.2 Å². The number of fused-ring (bicyclic) bond motifs is 2. The van der Waals surface area contributed by atoms with Gasteiger partial charge >= 0.3 is 0 Å². The summed E-state index contributed by atoms with van der Waals surface area (Å²) in [6, 6.07) is 1.09. The predicted molar refractivity (Wildman–Crippen MR) is 127 cm³/mol. The number of aromatic nitrogens is 4. The molecule has 2 aromatic heterocycles. The van der Waals surface area contributed by atoms with Gasteiger partial charge in [-0.05, 0) is 41.3 Å². The Morgan fingerprint density at radius 1 is 1.38 bits per heavy atom. The third kappa shape index (κ3) is 5.03. The molecule has 3 atom stereocenters. The number of carbonyl (C=O) groups is 1. The van der Waals surface area contributed by atoms with Gasteiger partial charge in [-0.15, -0.1) is 0 Å². The number of azide groups is 1. The van der Waals surface area contributed by atoms with Gasteiger partial charge in [0.2, 0.25) is 5.91 Å². The summed E-state index contributed by atoms with van der Waals surface area (Å²) in [4.78, 5) is 27.2. The zero-order valence-electron chi connectivity index (χ0n) is 19.6. The number of hydrogen-bond donors (Lipinski definition) is 0. The molecule has 34 heavy (non-hydrogen) atoms. The van der Waals surface area contributed by atoms with Crippen molar-refractivity contribution in [3.8, 4) is 5.88 Å². The molecule has 1 aliphatic heterocycles. The van der Waals surface area contributed by atoms with Crippen LogP contribution in [0.1, 0.15) is 6.92 Å². The van der Waals surface area contributed by atoms with Gasteiger partial charge in [0.1, 0.15) is 30.7 Å². The largest absolute Gasteiger partial charge is 0.489 e. The van der Waals surface area contributed by atoms with E-state index in [9.17, 15) is 4.79 Å². The van der Waals surface area contributed by atoms with E-state index >= 15 is 0 Å². The topological polar surface area (TPSA) is 137 Å². The Bertz CT molecular complexity index is 1240. The third-order valence-electron chi connectivity index (χ3n) is 5.69. The molecule has 1 saturated carbocycles. The Kier molecular flexibility index (Phi) is 6.55. The second kappa shape index (κ2) is 9.41. The molecule has 3 heterocycles. The van der Waals surface area contributed by atoms with Crippen LogP contribution >= 0.6 is 0 Å². The first kappa shape index (κ1) is 23.7. The quantitative estimate of drug-likeness (QED) is 0.130. The van der Waals surface area contributed by atoms with Crippen LogP contribution in [0.2, 0.25) is 25.7 Å². The van der Waals surface area contributed by atoms with E-state index in [0.29, 0.717) is 47.5 Å². The van der Waals surface area contributed by atoms with E-state index in [-0.39, 0.29) is 12.0 Å². The van der Waals surface area contributed by atoms with Gasteiger partial charge in [0.05, 0.1) is 12.2 Å². The first-order valence-corrected chi connectivity index (χ1v) is 14.6. The maximum absolute atomic E-state index is 11.7. The number of rotatable bonds is 9. The van der Waals surface area contributed by atoms with Crippen LogP contribution in [0.3, 0.4) is 0 Å². The number of imidazole rings is 1. The maximum atomic E-state index is 11.7. The van der Waals surface area contributed by atoms with Crippen LogP contribution in [0.4, 0.5) is 0 Å². The molecule has 0 radical (unpaired) electrons. The SMILES string of the molecule is C=C1/C(=C\C=C(/C)Oc2ncnc3c2ncn3COCC[Si](C)(C)C)O[C@H]2[C@@H]1[C@@H]2C(=O)N=[N+]=[N-]. The molecule has 2 aromatic rings. The fourth-order valence-corrected chi connectivity index (χ4v) is 4.49. The lowest BCUT2D eigenvalue weighted by Crippen LogP contribution is -2.22. The first-order chi connectivity index (χ1) is 16.2. The van der Waals surface area contributed by atoms with Crippen molar-refractivity contribution in [1.82, 2.24) is 19.5 Å². The monoisotopic (exact) mass is 481 g/mol. The summed E-state index contributed by atoms with van der Waals surface area (Å²) >= 11 is 0. The van der Waals surface area contributed by atoms with Crippen molar-refractivity contribution >= 4 is 25.1 Å². The Morgan fingerprint density at radius 3 is 2.85 bits per heavy atom. The molecule has 0 aromatic carbocycles. The minimum atomic E-state index is -1.15. The lowest BCUT2D eigenvalue weighted by molar-refractivity contribution is -0.120. The molecule has 1 amide bonds. The van der Waals surface area contributed by atoms with Crippen LogP contribution in [0.25, 0.3) is 21.6 Å². The van der Waals surface area contributed by atoms with Crippen molar-refractivity contribution in [3.05, 3.63) is 58.9 Å². The maximum Gasteiger partial charge on any atom is 0.250 e. The fourth-order valence-electron chi connectivity index (χ4n) is 3.73. The van der Waals surface area contributed by atoms with E-state index in [1.165, 1.54) is 6.33 Å². The van der Waals surface area contributed by atoms with Gasteiger partial charge < -0.3 is 14.2 Å². The Labute approximate surface area is 197 Å². The lowest BCUT2D eigenvalue weighted by Gasteiger charge is -2.15. The molecule has 0 bridgehead atoms. The minimum Gasteiger partial charge on any atom is -0.489 e. The standard InChI is InChI=1S/C22H27N7O4Si/c1-13(6-7-15-14(2)16-17(19(16)33-15)21(30)27-28-23)32-22-18-20(24-10-25-22)29(11-26-18)12-31-8-9-34(3,4)5/h6-7,10-11,16-17,19H,2,8-9,12H2,1,3-5H3/b13-6+,15-7+/t16-,17-,19-/m0/s1. The highest BCUT2D eigenvalue weighted by Crippen LogP contribution is 2.56. The van der Waals surface area contributed by atoms with Gasteiger partial charge in [0.15, 0.2) is 11.2 Å². The molecule has 11 nitrogen and oxygen atoms in total. The van der Waals surface area contributed by atoms with Crippen molar-refractivity contribution < 1.29 is 19.0 Å². The van der Waals surface area contributed by atoms with Crippen molar-refractivity contribution in [2.75, 3.05) is 6.61 Å². The van der Waals surface area contributed by atoms with Gasteiger partial charge in [-0.25, -0.2) is 9.97 Å².